The van der Waals surface area contributed by atoms with Crippen LogP contribution in [0.5, 0.6) is 5.75 Å². The van der Waals surface area contributed by atoms with Gasteiger partial charge >= 0.3 is 0 Å². The maximum Gasteiger partial charge on any atom is 0.165 e. The van der Waals surface area contributed by atoms with Gasteiger partial charge in [0.05, 0.1) is 13.2 Å². The van der Waals surface area contributed by atoms with Crippen molar-refractivity contribution in [3.63, 3.8) is 0 Å². The molecule has 1 fully saturated rings. The predicted octanol–water partition coefficient (Wildman–Crippen LogP) is 2.23. The molecule has 100 valence electrons. The van der Waals surface area contributed by atoms with E-state index in [1.54, 1.807) is 6.07 Å². The molecule has 3 nitrogen and oxygen atoms in total. The summed E-state index contributed by atoms with van der Waals surface area (Å²) in [6.07, 6.45) is 3.80. The third kappa shape index (κ3) is 3.21. The number of halogens is 1. The Morgan fingerprint density at radius 3 is 2.83 bits per heavy atom. The molecule has 0 amide bonds. The molecule has 2 rings (SSSR count). The molecule has 18 heavy (non-hydrogen) atoms. The lowest BCUT2D eigenvalue weighted by Crippen LogP contribution is -2.41. The van der Waals surface area contributed by atoms with Crippen LogP contribution in [0.2, 0.25) is 0 Å². The van der Waals surface area contributed by atoms with Crippen molar-refractivity contribution in [1.82, 2.24) is 5.32 Å². The molecule has 0 aliphatic heterocycles. The summed E-state index contributed by atoms with van der Waals surface area (Å²) in [5.41, 5.74) is 0.867. The standard InChI is InChI=1S/C14H20FNO2/c1-18-14-7-6-10(8-11(14)15)9-16-12-4-2-3-5-13(12)17/h6-8,12-13,16-17H,2-5,9H2,1H3/t12-,13-/m0/s1. The molecule has 1 saturated carbocycles. The molecule has 0 aromatic heterocycles. The average Bonchev–Trinajstić information content (AvgIpc) is 2.38. The normalized spacial score (nSPS) is 23.9. The van der Waals surface area contributed by atoms with Gasteiger partial charge in [-0.3, -0.25) is 0 Å². The summed E-state index contributed by atoms with van der Waals surface area (Å²) in [5, 5.41) is 13.1. The molecule has 1 aliphatic rings. The third-order valence-electron chi connectivity index (χ3n) is 3.51. The number of aliphatic hydroxyl groups is 1. The first kappa shape index (κ1) is 13.3. The fraction of sp³-hybridized carbons (Fsp3) is 0.571. The first-order chi connectivity index (χ1) is 8.70. The van der Waals surface area contributed by atoms with Gasteiger partial charge in [-0.15, -0.1) is 0 Å². The minimum absolute atomic E-state index is 0.129. The highest BCUT2D eigenvalue weighted by atomic mass is 19.1. The van der Waals surface area contributed by atoms with Crippen molar-refractivity contribution >= 4 is 0 Å². The Hall–Kier alpha value is -1.13. The van der Waals surface area contributed by atoms with E-state index in [-0.39, 0.29) is 23.7 Å². The molecule has 0 radical (unpaired) electrons. The van der Waals surface area contributed by atoms with Crippen LogP contribution in [0.4, 0.5) is 4.39 Å². The number of hydrogen-bond donors (Lipinski definition) is 2. The Bertz CT molecular complexity index is 397. The lowest BCUT2D eigenvalue weighted by molar-refractivity contribution is 0.0902. The molecule has 1 aromatic rings. The molecule has 0 heterocycles. The summed E-state index contributed by atoms with van der Waals surface area (Å²) >= 11 is 0. The van der Waals surface area contributed by atoms with Crippen molar-refractivity contribution < 1.29 is 14.2 Å². The lowest BCUT2D eigenvalue weighted by atomic mass is 9.92. The number of methoxy groups -OCH3 is 1. The molecular formula is C14H20FNO2. The highest BCUT2D eigenvalue weighted by Gasteiger charge is 2.22. The zero-order valence-electron chi connectivity index (χ0n) is 10.7. The molecule has 0 bridgehead atoms. The Morgan fingerprint density at radius 2 is 2.17 bits per heavy atom. The number of ether oxygens (including phenoxy) is 1. The summed E-state index contributed by atoms with van der Waals surface area (Å²) in [5.74, 6) is -0.0857. The van der Waals surface area contributed by atoms with E-state index in [2.05, 4.69) is 5.32 Å². The van der Waals surface area contributed by atoms with Crippen LogP contribution in [0.1, 0.15) is 31.2 Å². The van der Waals surface area contributed by atoms with Crippen LogP contribution in [0.25, 0.3) is 0 Å². The second kappa shape index (κ2) is 6.16. The fourth-order valence-corrected chi connectivity index (χ4v) is 2.42. The van der Waals surface area contributed by atoms with Crippen LogP contribution in [0.15, 0.2) is 18.2 Å². The minimum atomic E-state index is -0.346. The third-order valence-corrected chi connectivity index (χ3v) is 3.51. The van der Waals surface area contributed by atoms with Gasteiger partial charge in [-0.2, -0.15) is 0 Å². The summed E-state index contributed by atoms with van der Waals surface area (Å²) in [6, 6.07) is 5.07. The maximum atomic E-state index is 13.5. The summed E-state index contributed by atoms with van der Waals surface area (Å²) in [4.78, 5) is 0. The predicted molar refractivity (Wildman–Crippen MR) is 68.1 cm³/mol. The molecule has 4 heteroatoms. The van der Waals surface area contributed by atoms with Gasteiger partial charge in [0.1, 0.15) is 0 Å². The number of rotatable bonds is 4. The van der Waals surface area contributed by atoms with Gasteiger partial charge in [-0.25, -0.2) is 4.39 Å². The van der Waals surface area contributed by atoms with Crippen LogP contribution >= 0.6 is 0 Å². The van der Waals surface area contributed by atoms with Gasteiger partial charge in [-0.1, -0.05) is 18.9 Å². The van der Waals surface area contributed by atoms with E-state index in [9.17, 15) is 9.50 Å². The monoisotopic (exact) mass is 253 g/mol. The summed E-state index contributed by atoms with van der Waals surface area (Å²) in [6.45, 7) is 0.572. The zero-order valence-corrected chi connectivity index (χ0v) is 10.7. The van der Waals surface area contributed by atoms with Gasteiger partial charge in [0.25, 0.3) is 0 Å². The van der Waals surface area contributed by atoms with Crippen molar-refractivity contribution in [2.75, 3.05) is 7.11 Å². The largest absolute Gasteiger partial charge is 0.494 e. The molecular weight excluding hydrogens is 233 g/mol. The lowest BCUT2D eigenvalue weighted by Gasteiger charge is -2.28. The fourth-order valence-electron chi connectivity index (χ4n) is 2.42. The van der Waals surface area contributed by atoms with Crippen molar-refractivity contribution in [3.05, 3.63) is 29.6 Å². The molecule has 1 aliphatic carbocycles. The van der Waals surface area contributed by atoms with Crippen molar-refractivity contribution in [3.8, 4) is 5.75 Å². The van der Waals surface area contributed by atoms with Gasteiger partial charge in [0.2, 0.25) is 0 Å². The zero-order chi connectivity index (χ0) is 13.0. The topological polar surface area (TPSA) is 41.5 Å². The summed E-state index contributed by atoms with van der Waals surface area (Å²) < 4.78 is 18.4. The van der Waals surface area contributed by atoms with Gasteiger partial charge in [0.15, 0.2) is 11.6 Å². The van der Waals surface area contributed by atoms with E-state index < -0.39 is 0 Å². The molecule has 0 saturated heterocycles. The van der Waals surface area contributed by atoms with Gasteiger partial charge < -0.3 is 15.2 Å². The van der Waals surface area contributed by atoms with Crippen molar-refractivity contribution in [2.45, 2.75) is 44.4 Å². The first-order valence-electron chi connectivity index (χ1n) is 6.44. The Labute approximate surface area is 107 Å². The highest BCUT2D eigenvalue weighted by molar-refractivity contribution is 5.29. The quantitative estimate of drug-likeness (QED) is 0.864. The number of benzene rings is 1. The Balaban J connectivity index is 1.91. The van der Waals surface area contributed by atoms with Crippen molar-refractivity contribution in [1.29, 1.82) is 0 Å². The SMILES string of the molecule is COc1ccc(CN[C@H]2CCCC[C@@H]2O)cc1F. The molecule has 0 spiro atoms. The van der Waals surface area contributed by atoms with Crippen molar-refractivity contribution in [2.24, 2.45) is 0 Å². The first-order valence-corrected chi connectivity index (χ1v) is 6.44. The van der Waals surface area contributed by atoms with Crippen LogP contribution in [0, 0.1) is 5.82 Å². The number of nitrogens with one attached hydrogen (secondary N) is 1. The summed E-state index contributed by atoms with van der Waals surface area (Å²) in [7, 11) is 1.45. The van der Waals surface area contributed by atoms with E-state index >= 15 is 0 Å². The van der Waals surface area contributed by atoms with E-state index in [1.165, 1.54) is 13.2 Å². The molecule has 1 aromatic carbocycles. The minimum Gasteiger partial charge on any atom is -0.494 e. The second-order valence-corrected chi connectivity index (χ2v) is 4.81. The smallest absolute Gasteiger partial charge is 0.165 e. The van der Waals surface area contributed by atoms with E-state index in [0.717, 1.165) is 31.2 Å². The van der Waals surface area contributed by atoms with Crippen LogP contribution < -0.4 is 10.1 Å². The second-order valence-electron chi connectivity index (χ2n) is 4.81. The molecule has 0 unspecified atom stereocenters. The Morgan fingerprint density at radius 1 is 1.39 bits per heavy atom. The molecule has 2 atom stereocenters. The van der Waals surface area contributed by atoms with Crippen LogP contribution in [-0.2, 0) is 6.54 Å². The highest BCUT2D eigenvalue weighted by Crippen LogP contribution is 2.20. The van der Waals surface area contributed by atoms with E-state index in [0.29, 0.717) is 6.54 Å². The molecule has 2 N–H and O–H groups in total. The van der Waals surface area contributed by atoms with Gasteiger partial charge in [0, 0.05) is 12.6 Å². The maximum absolute atomic E-state index is 13.5. The van der Waals surface area contributed by atoms with Crippen LogP contribution in [-0.4, -0.2) is 24.4 Å². The van der Waals surface area contributed by atoms with E-state index in [4.69, 9.17) is 4.74 Å². The Kier molecular flexibility index (Phi) is 4.55. The van der Waals surface area contributed by atoms with Gasteiger partial charge in [-0.05, 0) is 30.5 Å². The van der Waals surface area contributed by atoms with Crippen LogP contribution in [0.3, 0.4) is 0 Å². The average molecular weight is 253 g/mol. The van der Waals surface area contributed by atoms with E-state index in [1.807, 2.05) is 6.07 Å². The number of aliphatic hydroxyl groups excluding tert-OH is 1. The number of hydrogen-bond acceptors (Lipinski definition) is 3.